The van der Waals surface area contributed by atoms with Crippen LogP contribution in [-0.4, -0.2) is 24.0 Å². The van der Waals surface area contributed by atoms with Crippen molar-refractivity contribution in [3.05, 3.63) is 30.0 Å². The highest BCUT2D eigenvalue weighted by Crippen LogP contribution is 2.31. The van der Waals surface area contributed by atoms with Gasteiger partial charge in [-0.05, 0) is 17.7 Å². The molecule has 18 heavy (non-hydrogen) atoms. The molecule has 2 rings (SSSR count). The van der Waals surface area contributed by atoms with Crippen molar-refractivity contribution in [2.75, 3.05) is 20.0 Å². The molecule has 0 fully saturated rings. The average Bonchev–Trinajstić information content (AvgIpc) is 2.65. The van der Waals surface area contributed by atoms with Crippen molar-refractivity contribution in [3.63, 3.8) is 0 Å². The zero-order valence-corrected chi connectivity index (χ0v) is 10.8. The van der Waals surface area contributed by atoms with Crippen LogP contribution in [0.3, 0.4) is 0 Å². The summed E-state index contributed by atoms with van der Waals surface area (Å²) in [6.45, 7) is 0.428. The van der Waals surface area contributed by atoms with E-state index < -0.39 is 0 Å². The van der Waals surface area contributed by atoms with Crippen LogP contribution in [0.5, 0.6) is 5.75 Å². The molecule has 1 heterocycles. The van der Waals surface area contributed by atoms with Gasteiger partial charge in [0.1, 0.15) is 11.6 Å². The molecule has 1 aromatic heterocycles. The number of nitrogens with two attached hydrogens (primary N) is 1. The van der Waals surface area contributed by atoms with E-state index in [4.69, 9.17) is 15.2 Å². The molecular weight excluding hydrogens is 230 g/mol. The molecule has 0 aliphatic rings. The van der Waals surface area contributed by atoms with E-state index in [-0.39, 0.29) is 0 Å². The summed E-state index contributed by atoms with van der Waals surface area (Å²) >= 11 is 0. The number of ether oxygens (including phenoxy) is 2. The first-order chi connectivity index (χ1) is 8.67. The summed E-state index contributed by atoms with van der Waals surface area (Å²) in [6.07, 6.45) is 0. The predicted octanol–water partition coefficient (Wildman–Crippen LogP) is 1.82. The van der Waals surface area contributed by atoms with Gasteiger partial charge < -0.3 is 15.2 Å². The lowest BCUT2D eigenvalue weighted by Gasteiger charge is -2.06. The maximum absolute atomic E-state index is 6.06. The van der Waals surface area contributed by atoms with Gasteiger partial charge >= 0.3 is 0 Å². The molecule has 0 aliphatic heterocycles. The molecule has 96 valence electrons. The van der Waals surface area contributed by atoms with Crippen LogP contribution in [-0.2, 0) is 18.4 Å². The molecule has 1 aromatic carbocycles. The van der Waals surface area contributed by atoms with Crippen LogP contribution < -0.4 is 10.5 Å². The van der Waals surface area contributed by atoms with Gasteiger partial charge in [0.15, 0.2) is 0 Å². The van der Waals surface area contributed by atoms with Crippen molar-refractivity contribution in [1.82, 2.24) is 9.78 Å². The number of hydrogen-bond acceptors (Lipinski definition) is 4. The number of aromatic nitrogens is 2. The third-order valence-electron chi connectivity index (χ3n) is 2.80. The summed E-state index contributed by atoms with van der Waals surface area (Å²) in [5, 5.41) is 4.36. The fourth-order valence-corrected chi connectivity index (χ4v) is 1.93. The summed E-state index contributed by atoms with van der Waals surface area (Å²) in [4.78, 5) is 0. The van der Waals surface area contributed by atoms with Gasteiger partial charge in [-0.2, -0.15) is 5.10 Å². The molecule has 0 unspecified atom stereocenters. The van der Waals surface area contributed by atoms with Gasteiger partial charge in [0.2, 0.25) is 0 Å². The van der Waals surface area contributed by atoms with Crippen LogP contribution in [0.25, 0.3) is 11.1 Å². The standard InChI is InChI=1S/C13H17N3O2/c1-16-13(14)12(11(15-16)8-17-2)9-5-4-6-10(7-9)18-3/h4-7H,8,14H2,1-3H3. The third kappa shape index (κ3) is 2.17. The summed E-state index contributed by atoms with van der Waals surface area (Å²) in [5.41, 5.74) is 8.77. The molecular formula is C13H17N3O2. The molecule has 0 bridgehead atoms. The second kappa shape index (κ2) is 5.10. The molecule has 0 spiro atoms. The van der Waals surface area contributed by atoms with Crippen molar-refractivity contribution in [2.45, 2.75) is 6.61 Å². The zero-order chi connectivity index (χ0) is 13.1. The Morgan fingerprint density at radius 1 is 1.33 bits per heavy atom. The van der Waals surface area contributed by atoms with Crippen LogP contribution in [0.2, 0.25) is 0 Å². The number of aryl methyl sites for hydroxylation is 1. The molecule has 5 heteroatoms. The van der Waals surface area contributed by atoms with Crippen molar-refractivity contribution in [2.24, 2.45) is 7.05 Å². The number of methoxy groups -OCH3 is 2. The number of nitrogens with zero attached hydrogens (tertiary/aromatic N) is 2. The quantitative estimate of drug-likeness (QED) is 0.895. The third-order valence-corrected chi connectivity index (χ3v) is 2.80. The molecule has 0 saturated heterocycles. The lowest BCUT2D eigenvalue weighted by atomic mass is 10.1. The van der Waals surface area contributed by atoms with E-state index in [0.29, 0.717) is 12.4 Å². The molecule has 2 aromatic rings. The van der Waals surface area contributed by atoms with Crippen molar-refractivity contribution < 1.29 is 9.47 Å². The Morgan fingerprint density at radius 3 is 2.78 bits per heavy atom. The van der Waals surface area contributed by atoms with Crippen LogP contribution in [0.15, 0.2) is 24.3 Å². The number of hydrogen-bond donors (Lipinski definition) is 1. The topological polar surface area (TPSA) is 62.3 Å². The first-order valence-corrected chi connectivity index (χ1v) is 5.62. The van der Waals surface area contributed by atoms with Gasteiger partial charge in [-0.3, -0.25) is 4.68 Å². The molecule has 0 atom stereocenters. The fraction of sp³-hybridized carbons (Fsp3) is 0.308. The summed E-state index contributed by atoms with van der Waals surface area (Å²) < 4.78 is 12.0. The highest BCUT2D eigenvalue weighted by Gasteiger charge is 2.15. The summed E-state index contributed by atoms with van der Waals surface area (Å²) in [6, 6.07) is 7.74. The minimum Gasteiger partial charge on any atom is -0.497 e. The molecule has 2 N–H and O–H groups in total. The van der Waals surface area contributed by atoms with Crippen LogP contribution in [0.1, 0.15) is 5.69 Å². The lowest BCUT2D eigenvalue weighted by molar-refractivity contribution is 0.181. The maximum Gasteiger partial charge on any atom is 0.129 e. The lowest BCUT2D eigenvalue weighted by Crippen LogP contribution is -1.98. The maximum atomic E-state index is 6.06. The number of rotatable bonds is 4. The van der Waals surface area contributed by atoms with E-state index >= 15 is 0 Å². The molecule has 0 amide bonds. The van der Waals surface area contributed by atoms with Crippen molar-refractivity contribution in [3.8, 4) is 16.9 Å². The Labute approximate surface area is 106 Å². The van der Waals surface area contributed by atoms with Gasteiger partial charge in [-0.25, -0.2) is 0 Å². The zero-order valence-electron chi connectivity index (χ0n) is 10.8. The van der Waals surface area contributed by atoms with Gasteiger partial charge in [0, 0.05) is 19.7 Å². The van der Waals surface area contributed by atoms with Gasteiger partial charge in [0.25, 0.3) is 0 Å². The van der Waals surface area contributed by atoms with E-state index in [1.54, 1.807) is 18.9 Å². The SMILES string of the molecule is COCc1nn(C)c(N)c1-c1cccc(OC)c1. The second-order valence-electron chi connectivity index (χ2n) is 4.00. The van der Waals surface area contributed by atoms with Crippen molar-refractivity contribution in [1.29, 1.82) is 0 Å². The Morgan fingerprint density at radius 2 is 2.11 bits per heavy atom. The predicted molar refractivity (Wildman–Crippen MR) is 70.3 cm³/mol. The minimum absolute atomic E-state index is 0.428. The Kier molecular flexibility index (Phi) is 3.53. The normalized spacial score (nSPS) is 10.6. The van der Waals surface area contributed by atoms with E-state index in [9.17, 15) is 0 Å². The van der Waals surface area contributed by atoms with E-state index in [1.807, 2.05) is 31.3 Å². The molecule has 0 aliphatic carbocycles. The largest absolute Gasteiger partial charge is 0.497 e. The van der Waals surface area contributed by atoms with Crippen molar-refractivity contribution >= 4 is 5.82 Å². The van der Waals surface area contributed by atoms with E-state index in [2.05, 4.69) is 5.10 Å². The second-order valence-corrected chi connectivity index (χ2v) is 4.00. The number of anilines is 1. The number of nitrogen functional groups attached to an aromatic ring is 1. The molecule has 5 nitrogen and oxygen atoms in total. The highest BCUT2D eigenvalue weighted by molar-refractivity contribution is 5.77. The molecule has 0 saturated carbocycles. The first-order valence-electron chi connectivity index (χ1n) is 5.62. The van der Waals surface area contributed by atoms with E-state index in [1.165, 1.54) is 0 Å². The van der Waals surface area contributed by atoms with Gasteiger partial charge in [0.05, 0.1) is 19.4 Å². The molecule has 0 radical (unpaired) electrons. The Hall–Kier alpha value is -2.01. The van der Waals surface area contributed by atoms with Crippen LogP contribution in [0.4, 0.5) is 5.82 Å². The van der Waals surface area contributed by atoms with Gasteiger partial charge in [-0.15, -0.1) is 0 Å². The summed E-state index contributed by atoms with van der Waals surface area (Å²) in [5.74, 6) is 1.41. The Balaban J connectivity index is 2.54. The van der Waals surface area contributed by atoms with E-state index in [0.717, 1.165) is 22.6 Å². The smallest absolute Gasteiger partial charge is 0.129 e. The highest BCUT2D eigenvalue weighted by atomic mass is 16.5. The minimum atomic E-state index is 0.428. The fourth-order valence-electron chi connectivity index (χ4n) is 1.93. The summed E-state index contributed by atoms with van der Waals surface area (Å²) in [7, 11) is 5.10. The first kappa shape index (κ1) is 12.4. The van der Waals surface area contributed by atoms with Gasteiger partial charge in [-0.1, -0.05) is 12.1 Å². The Bertz CT molecular complexity index is 549. The monoisotopic (exact) mass is 247 g/mol. The number of benzene rings is 1. The van der Waals surface area contributed by atoms with Crippen LogP contribution >= 0.6 is 0 Å². The average molecular weight is 247 g/mol. The van der Waals surface area contributed by atoms with Crippen LogP contribution in [0, 0.1) is 0 Å².